The van der Waals surface area contributed by atoms with E-state index in [1.54, 1.807) is 6.07 Å². The molecule has 1 aromatic heterocycles. The molecule has 1 fully saturated rings. The molecule has 0 bridgehead atoms. The summed E-state index contributed by atoms with van der Waals surface area (Å²) in [6.45, 7) is 0. The molecular weight excluding hydrogens is 361 g/mol. The molecule has 2 N–H and O–H groups in total. The molecule has 1 saturated carbocycles. The summed E-state index contributed by atoms with van der Waals surface area (Å²) in [5.41, 5.74) is 6.25. The van der Waals surface area contributed by atoms with Crippen molar-refractivity contribution >= 4 is 33.8 Å². The smallest absolute Gasteiger partial charge is 0.258 e. The molecular formula is C14H17Cl2N3O3S. The van der Waals surface area contributed by atoms with Gasteiger partial charge in [-0.1, -0.05) is 29.6 Å². The van der Waals surface area contributed by atoms with Gasteiger partial charge in [0.15, 0.2) is 15.7 Å². The maximum Gasteiger partial charge on any atom is 0.258 e. The van der Waals surface area contributed by atoms with Crippen molar-refractivity contribution in [1.29, 1.82) is 0 Å². The lowest BCUT2D eigenvalue weighted by Gasteiger charge is -2.17. The van der Waals surface area contributed by atoms with Gasteiger partial charge in [0.25, 0.3) is 5.89 Å². The van der Waals surface area contributed by atoms with Crippen molar-refractivity contribution < 1.29 is 12.9 Å². The number of nitrogens with two attached hydrogens (primary N) is 1. The maximum absolute atomic E-state index is 11.7. The second-order valence-electron chi connectivity index (χ2n) is 5.70. The van der Waals surface area contributed by atoms with Crippen LogP contribution in [0.4, 0.5) is 0 Å². The lowest BCUT2D eigenvalue weighted by Crippen LogP contribution is -2.34. The molecule has 0 radical (unpaired) electrons. The van der Waals surface area contributed by atoms with E-state index in [0.29, 0.717) is 11.4 Å². The fourth-order valence-corrected chi connectivity index (χ4v) is 3.99. The van der Waals surface area contributed by atoms with Crippen LogP contribution in [0, 0.1) is 0 Å². The van der Waals surface area contributed by atoms with Gasteiger partial charge >= 0.3 is 0 Å². The van der Waals surface area contributed by atoms with Gasteiger partial charge in [-0.05, 0) is 31.0 Å². The van der Waals surface area contributed by atoms with E-state index in [2.05, 4.69) is 10.1 Å². The largest absolute Gasteiger partial charge is 0.334 e. The van der Waals surface area contributed by atoms with Crippen LogP contribution >= 0.6 is 24.0 Å². The summed E-state index contributed by atoms with van der Waals surface area (Å²) in [6, 6.07) is 4.59. The molecule has 9 heteroatoms. The average molecular weight is 378 g/mol. The van der Waals surface area contributed by atoms with Gasteiger partial charge in [0.05, 0.1) is 15.5 Å². The molecule has 23 heavy (non-hydrogen) atoms. The standard InChI is InChI=1S/C14H16ClN3O3S.ClH/c1-22(19,20)11-8-9(4-5-10(11)15)12-17-13(18-21-12)14(16)6-2-3-7-14;/h4-5,8H,2-3,6-7,16H2,1H3;1H. The fourth-order valence-electron chi connectivity index (χ4n) is 2.69. The zero-order chi connectivity index (χ0) is 16.0. The summed E-state index contributed by atoms with van der Waals surface area (Å²) in [4.78, 5) is 4.38. The summed E-state index contributed by atoms with van der Waals surface area (Å²) in [5, 5.41) is 4.13. The topological polar surface area (TPSA) is 99.1 Å². The van der Waals surface area contributed by atoms with Gasteiger partial charge in [-0.25, -0.2) is 8.42 Å². The highest BCUT2D eigenvalue weighted by atomic mass is 35.5. The van der Waals surface area contributed by atoms with Crippen molar-refractivity contribution in [1.82, 2.24) is 10.1 Å². The first kappa shape index (κ1) is 18.2. The van der Waals surface area contributed by atoms with E-state index in [1.165, 1.54) is 12.1 Å². The van der Waals surface area contributed by atoms with Crippen LogP contribution in [0.1, 0.15) is 31.5 Å². The van der Waals surface area contributed by atoms with Gasteiger partial charge in [0.2, 0.25) is 0 Å². The summed E-state index contributed by atoms with van der Waals surface area (Å²) in [6.07, 6.45) is 4.83. The van der Waals surface area contributed by atoms with E-state index in [-0.39, 0.29) is 28.2 Å². The molecule has 1 aliphatic carbocycles. The quantitative estimate of drug-likeness (QED) is 0.882. The van der Waals surface area contributed by atoms with Gasteiger partial charge in [0, 0.05) is 11.8 Å². The van der Waals surface area contributed by atoms with Crippen molar-refractivity contribution in [3.8, 4) is 11.5 Å². The Bertz CT molecular complexity index is 814. The summed E-state index contributed by atoms with van der Waals surface area (Å²) >= 11 is 5.93. The normalized spacial score (nSPS) is 17.0. The molecule has 0 spiro atoms. The second kappa shape index (κ2) is 6.39. The van der Waals surface area contributed by atoms with Crippen LogP contribution in [0.25, 0.3) is 11.5 Å². The molecule has 0 aliphatic heterocycles. The van der Waals surface area contributed by atoms with E-state index < -0.39 is 15.4 Å². The highest BCUT2D eigenvalue weighted by Gasteiger charge is 2.36. The number of aromatic nitrogens is 2. The Hall–Kier alpha value is -1.15. The Morgan fingerprint density at radius 1 is 1.30 bits per heavy atom. The number of hydrogen-bond donors (Lipinski definition) is 1. The fraction of sp³-hybridized carbons (Fsp3) is 0.429. The summed E-state index contributed by atoms with van der Waals surface area (Å²) in [5.74, 6) is 0.712. The van der Waals surface area contributed by atoms with Crippen LogP contribution in [0.3, 0.4) is 0 Å². The average Bonchev–Trinajstić information content (AvgIpc) is 3.07. The minimum atomic E-state index is -3.43. The maximum atomic E-state index is 11.7. The Morgan fingerprint density at radius 2 is 1.96 bits per heavy atom. The lowest BCUT2D eigenvalue weighted by atomic mass is 9.99. The van der Waals surface area contributed by atoms with E-state index in [0.717, 1.165) is 31.9 Å². The van der Waals surface area contributed by atoms with Crippen molar-refractivity contribution in [2.24, 2.45) is 5.73 Å². The van der Waals surface area contributed by atoms with Gasteiger partial charge in [-0.2, -0.15) is 4.98 Å². The molecule has 0 amide bonds. The monoisotopic (exact) mass is 377 g/mol. The van der Waals surface area contributed by atoms with Crippen molar-refractivity contribution in [2.75, 3.05) is 6.26 Å². The van der Waals surface area contributed by atoms with Gasteiger partial charge < -0.3 is 10.3 Å². The lowest BCUT2D eigenvalue weighted by molar-refractivity contribution is 0.372. The highest BCUT2D eigenvalue weighted by Crippen LogP contribution is 2.36. The second-order valence-corrected chi connectivity index (χ2v) is 8.10. The molecule has 0 saturated heterocycles. The minimum Gasteiger partial charge on any atom is -0.334 e. The SMILES string of the molecule is CS(=O)(=O)c1cc(-c2nc(C3(N)CCCC3)no2)ccc1Cl.Cl. The third kappa shape index (κ3) is 3.52. The number of hydrogen-bond acceptors (Lipinski definition) is 6. The zero-order valence-electron chi connectivity index (χ0n) is 12.5. The van der Waals surface area contributed by atoms with Crippen molar-refractivity contribution in [3.63, 3.8) is 0 Å². The van der Waals surface area contributed by atoms with E-state index in [9.17, 15) is 8.42 Å². The van der Waals surface area contributed by atoms with Crippen molar-refractivity contribution in [2.45, 2.75) is 36.1 Å². The summed E-state index contributed by atoms with van der Waals surface area (Å²) < 4.78 is 28.7. The highest BCUT2D eigenvalue weighted by molar-refractivity contribution is 7.90. The molecule has 1 heterocycles. The van der Waals surface area contributed by atoms with Crippen LogP contribution in [0.2, 0.25) is 5.02 Å². The van der Waals surface area contributed by atoms with Gasteiger partial charge in [-0.3, -0.25) is 0 Å². The number of sulfone groups is 1. The first-order valence-corrected chi connectivity index (χ1v) is 9.20. The third-order valence-electron chi connectivity index (χ3n) is 3.94. The van der Waals surface area contributed by atoms with Gasteiger partial charge in [0.1, 0.15) is 0 Å². The number of rotatable bonds is 3. The molecule has 3 rings (SSSR count). The summed E-state index contributed by atoms with van der Waals surface area (Å²) in [7, 11) is -3.43. The zero-order valence-corrected chi connectivity index (χ0v) is 14.8. The Balaban J connectivity index is 0.00000192. The Kier molecular flexibility index (Phi) is 5.06. The molecule has 2 aromatic rings. The van der Waals surface area contributed by atoms with Crippen LogP contribution in [0.15, 0.2) is 27.6 Å². The number of benzene rings is 1. The van der Waals surface area contributed by atoms with Crippen LogP contribution in [-0.4, -0.2) is 24.8 Å². The number of halogens is 2. The Morgan fingerprint density at radius 3 is 2.57 bits per heavy atom. The predicted octanol–water partition coefficient (Wildman–Crippen LogP) is 2.94. The first-order valence-electron chi connectivity index (χ1n) is 6.93. The minimum absolute atomic E-state index is 0. The predicted molar refractivity (Wildman–Crippen MR) is 89.4 cm³/mol. The molecule has 0 unspecified atom stereocenters. The first-order chi connectivity index (χ1) is 10.3. The number of nitrogens with zero attached hydrogens (tertiary/aromatic N) is 2. The van der Waals surface area contributed by atoms with E-state index >= 15 is 0 Å². The van der Waals surface area contributed by atoms with Crippen molar-refractivity contribution in [3.05, 3.63) is 29.0 Å². The van der Waals surface area contributed by atoms with Crippen LogP contribution in [-0.2, 0) is 15.4 Å². The van der Waals surface area contributed by atoms with Crippen LogP contribution < -0.4 is 5.73 Å². The van der Waals surface area contributed by atoms with Crippen LogP contribution in [0.5, 0.6) is 0 Å². The van der Waals surface area contributed by atoms with E-state index in [1.807, 2.05) is 0 Å². The molecule has 126 valence electrons. The Labute approximate surface area is 145 Å². The molecule has 1 aliphatic rings. The van der Waals surface area contributed by atoms with Gasteiger partial charge in [-0.15, -0.1) is 12.4 Å². The molecule has 0 atom stereocenters. The van der Waals surface area contributed by atoms with E-state index in [4.69, 9.17) is 21.9 Å². The third-order valence-corrected chi connectivity index (χ3v) is 5.52. The molecule has 1 aromatic carbocycles. The molecule has 6 nitrogen and oxygen atoms in total.